The summed E-state index contributed by atoms with van der Waals surface area (Å²) >= 11 is 0. The number of methoxy groups -OCH3 is 1. The number of phenols is 3. The number of hydrogen-bond acceptors (Lipinski definition) is 8. The van der Waals surface area contributed by atoms with Crippen molar-refractivity contribution in [2.75, 3.05) is 13.7 Å². The van der Waals surface area contributed by atoms with E-state index in [2.05, 4.69) is 23.2 Å². The predicted octanol–water partition coefficient (Wildman–Crippen LogP) is 4.94. The molecule has 48 heavy (non-hydrogen) atoms. The van der Waals surface area contributed by atoms with Gasteiger partial charge in [0, 0.05) is 54.5 Å². The first kappa shape index (κ1) is 32.3. The number of benzene rings is 3. The third-order valence-electron chi connectivity index (χ3n) is 11.4. The van der Waals surface area contributed by atoms with Crippen LogP contribution in [0.1, 0.15) is 65.8 Å². The average molecular weight is 650 g/mol. The highest BCUT2D eigenvalue weighted by Gasteiger charge is 2.60. The van der Waals surface area contributed by atoms with Gasteiger partial charge in [-0.1, -0.05) is 60.7 Å². The number of carbonyl (C=O) groups is 1. The molecule has 0 unspecified atom stereocenters. The second-order valence-electron chi connectivity index (χ2n) is 13.9. The topological polar surface area (TPSA) is 139 Å². The number of hydrogen-bond donors (Lipinski definition) is 6. The first-order chi connectivity index (χ1) is 23.2. The lowest BCUT2D eigenvalue weighted by Gasteiger charge is -2.60. The van der Waals surface area contributed by atoms with Gasteiger partial charge in [0.05, 0.1) is 19.8 Å². The summed E-state index contributed by atoms with van der Waals surface area (Å²) in [7, 11) is 1.47. The number of aliphatic hydroxyl groups excluding tert-OH is 2. The van der Waals surface area contributed by atoms with Crippen LogP contribution in [0.3, 0.4) is 0 Å². The molecule has 6 N–H and O–H groups in total. The number of Topliss-reactive ketones (excluding diaryl/α,β-unsaturated/α-hetero) is 1. The zero-order valence-electron chi connectivity index (χ0n) is 27.1. The number of piperidine rings is 1. The van der Waals surface area contributed by atoms with Crippen LogP contribution in [0.2, 0.25) is 0 Å². The zero-order valence-corrected chi connectivity index (χ0v) is 27.1. The molecule has 1 saturated carbocycles. The quantitative estimate of drug-likeness (QED) is 0.169. The maximum Gasteiger partial charge on any atom is 0.160 e. The Morgan fingerprint density at radius 2 is 1.77 bits per heavy atom. The molecule has 1 spiro atoms. The van der Waals surface area contributed by atoms with E-state index in [0.29, 0.717) is 24.1 Å². The molecule has 3 aromatic rings. The number of rotatable bonds is 5. The van der Waals surface area contributed by atoms with Crippen LogP contribution in [0, 0.1) is 35.5 Å². The number of ether oxygens (including phenoxy) is 1. The summed E-state index contributed by atoms with van der Waals surface area (Å²) in [5, 5.41) is 58.2. The van der Waals surface area contributed by atoms with Gasteiger partial charge in [0.2, 0.25) is 0 Å². The molecule has 1 saturated heterocycles. The minimum Gasteiger partial charge on any atom is -0.504 e. The van der Waals surface area contributed by atoms with Gasteiger partial charge in [0.1, 0.15) is 5.78 Å². The molecule has 3 aromatic carbocycles. The van der Waals surface area contributed by atoms with Gasteiger partial charge in [-0.05, 0) is 77.3 Å². The van der Waals surface area contributed by atoms with Crippen molar-refractivity contribution in [2.45, 2.75) is 68.6 Å². The second kappa shape index (κ2) is 13.0. The lowest BCUT2D eigenvalue weighted by Crippen LogP contribution is -2.68. The molecule has 0 aromatic heterocycles. The van der Waals surface area contributed by atoms with Crippen molar-refractivity contribution < 1.29 is 35.1 Å². The average Bonchev–Trinajstić information content (AvgIpc) is 3.08. The van der Waals surface area contributed by atoms with Crippen molar-refractivity contribution in [3.63, 3.8) is 0 Å². The number of nitrogens with one attached hydrogen (secondary N) is 1. The number of allylic oxidation sites excluding steroid dienone is 1. The largest absolute Gasteiger partial charge is 0.504 e. The first-order valence-electron chi connectivity index (χ1n) is 17.0. The molecule has 1 heterocycles. The lowest BCUT2D eigenvalue weighted by molar-refractivity contribution is -0.124. The molecule has 2 fully saturated rings. The fourth-order valence-corrected chi connectivity index (χ4v) is 9.44. The summed E-state index contributed by atoms with van der Waals surface area (Å²) in [6.07, 6.45) is 6.56. The van der Waals surface area contributed by atoms with Gasteiger partial charge in [-0.15, -0.1) is 0 Å². The number of carbonyl (C=O) groups excluding carboxylic acids is 1. The van der Waals surface area contributed by atoms with Gasteiger partial charge < -0.3 is 35.6 Å². The minimum atomic E-state index is -1.00. The van der Waals surface area contributed by atoms with E-state index in [1.807, 2.05) is 36.4 Å². The van der Waals surface area contributed by atoms with E-state index in [0.717, 1.165) is 36.0 Å². The Bertz CT molecular complexity index is 1790. The molecule has 8 nitrogen and oxygen atoms in total. The van der Waals surface area contributed by atoms with Crippen molar-refractivity contribution in [3.8, 4) is 34.8 Å². The number of phenolic OH excluding ortho intramolecular Hbond substituents is 3. The summed E-state index contributed by atoms with van der Waals surface area (Å²) in [6, 6.07) is 16.4. The minimum absolute atomic E-state index is 0.0101. The van der Waals surface area contributed by atoms with E-state index in [1.54, 1.807) is 18.2 Å². The summed E-state index contributed by atoms with van der Waals surface area (Å²) < 4.78 is 5.45. The molecule has 0 amide bonds. The van der Waals surface area contributed by atoms with Crippen LogP contribution in [0.5, 0.6) is 23.0 Å². The van der Waals surface area contributed by atoms with E-state index in [-0.39, 0.29) is 72.0 Å². The molecule has 4 aliphatic rings. The van der Waals surface area contributed by atoms with E-state index in [9.17, 15) is 30.3 Å². The molecular weight excluding hydrogens is 606 g/mol. The SMILES string of the molecule is COc1cc([C@H]2CC(=O)C[C@H](O)[C@H]3[C@@H](C#C[C@@H]2Cc2ccccc2)CN[C@@H]2CCC[C@@H]4C=Cc5cc(O)c(O)cc5[C@]342)c(CO)cc1O. The van der Waals surface area contributed by atoms with Crippen LogP contribution < -0.4 is 10.1 Å². The summed E-state index contributed by atoms with van der Waals surface area (Å²) in [5.74, 6) is 5.48. The molecule has 8 heteroatoms. The van der Waals surface area contributed by atoms with Crippen LogP contribution >= 0.6 is 0 Å². The smallest absolute Gasteiger partial charge is 0.160 e. The number of aliphatic hydroxyl groups is 2. The van der Waals surface area contributed by atoms with Crippen molar-refractivity contribution in [2.24, 2.45) is 23.7 Å². The summed E-state index contributed by atoms with van der Waals surface area (Å²) in [6.45, 7) is 0.212. The van der Waals surface area contributed by atoms with Gasteiger partial charge in [-0.2, -0.15) is 0 Å². The zero-order chi connectivity index (χ0) is 33.6. The maximum atomic E-state index is 14.2. The van der Waals surface area contributed by atoms with Gasteiger partial charge in [-0.3, -0.25) is 4.79 Å². The van der Waals surface area contributed by atoms with Crippen LogP contribution in [-0.4, -0.2) is 57.1 Å². The third kappa shape index (κ3) is 5.44. The Hall–Kier alpha value is -4.29. The number of aromatic hydroxyl groups is 3. The van der Waals surface area contributed by atoms with Crippen LogP contribution in [0.15, 0.2) is 60.7 Å². The van der Waals surface area contributed by atoms with Gasteiger partial charge >= 0.3 is 0 Å². The fraction of sp³-hybridized carbons (Fsp3) is 0.425. The molecule has 250 valence electrons. The Balaban J connectivity index is 1.40. The van der Waals surface area contributed by atoms with Crippen molar-refractivity contribution in [3.05, 3.63) is 88.5 Å². The molecule has 1 aliphatic heterocycles. The maximum absolute atomic E-state index is 14.2. The third-order valence-corrected chi connectivity index (χ3v) is 11.4. The monoisotopic (exact) mass is 649 g/mol. The van der Waals surface area contributed by atoms with E-state index in [1.165, 1.54) is 13.2 Å². The van der Waals surface area contributed by atoms with E-state index < -0.39 is 23.4 Å². The number of ketones is 1. The predicted molar refractivity (Wildman–Crippen MR) is 182 cm³/mol. The standard InChI is InChI=1S/C40H43NO7/c1-48-37-19-31(27(22-42)16-35(37)46)30-17-29(43)18-36(47)39-26(11-10-24(30)14-23-6-3-2-4-7-23)21-41-38-9-5-8-28-13-12-25-15-33(44)34(45)20-32(25)40(28,38)39/h2-4,6-7,12-13,15-16,19-20,24,26,28,30,36,38-39,41-42,44-47H,5,8-9,14,17-18,21-22H2,1H3/t24-,26+,28-,30+,36+,38-,39-,40-/m1/s1. The van der Waals surface area contributed by atoms with Crippen LogP contribution in [-0.2, 0) is 23.2 Å². The Morgan fingerprint density at radius 1 is 0.979 bits per heavy atom. The Kier molecular flexibility index (Phi) is 8.71. The molecule has 7 rings (SSSR count). The Labute approximate surface area is 281 Å². The van der Waals surface area contributed by atoms with E-state index >= 15 is 0 Å². The molecule has 0 radical (unpaired) electrons. The van der Waals surface area contributed by atoms with Crippen LogP contribution in [0.25, 0.3) is 6.08 Å². The van der Waals surface area contributed by atoms with Crippen molar-refractivity contribution in [1.82, 2.24) is 5.32 Å². The Morgan fingerprint density at radius 3 is 2.54 bits per heavy atom. The first-order valence-corrected chi connectivity index (χ1v) is 17.0. The fourth-order valence-electron chi connectivity index (χ4n) is 9.44. The summed E-state index contributed by atoms with van der Waals surface area (Å²) in [5.41, 5.74) is 3.29. The highest BCUT2D eigenvalue weighted by molar-refractivity contribution is 5.80. The normalized spacial score (nSPS) is 30.9. The molecular formula is C40H43NO7. The lowest BCUT2D eigenvalue weighted by atomic mass is 9.47. The van der Waals surface area contributed by atoms with Crippen LogP contribution in [0.4, 0.5) is 0 Å². The van der Waals surface area contributed by atoms with Gasteiger partial charge in [0.25, 0.3) is 0 Å². The van der Waals surface area contributed by atoms with Crippen molar-refractivity contribution in [1.29, 1.82) is 0 Å². The highest BCUT2D eigenvalue weighted by Crippen LogP contribution is 2.59. The highest BCUT2D eigenvalue weighted by atomic mass is 16.5. The molecule has 8 atom stereocenters. The number of fused-ring (bicyclic) bond motifs is 2. The molecule has 0 bridgehead atoms. The van der Waals surface area contributed by atoms with Gasteiger partial charge in [0.15, 0.2) is 23.0 Å². The van der Waals surface area contributed by atoms with Gasteiger partial charge in [-0.25, -0.2) is 0 Å². The van der Waals surface area contributed by atoms with Crippen molar-refractivity contribution >= 4 is 11.9 Å². The second-order valence-corrected chi connectivity index (χ2v) is 13.9. The van der Waals surface area contributed by atoms with E-state index in [4.69, 9.17) is 4.74 Å². The molecule has 3 aliphatic carbocycles. The summed E-state index contributed by atoms with van der Waals surface area (Å²) in [4.78, 5) is 14.2.